The molecule has 2 aromatic carbocycles. The number of aromatic nitrogens is 3. The summed E-state index contributed by atoms with van der Waals surface area (Å²) in [6.07, 6.45) is 1.67. The largest absolute Gasteiger partial charge is 0.493 e. The Morgan fingerprint density at radius 3 is 2.81 bits per heavy atom. The van der Waals surface area contributed by atoms with Crippen molar-refractivity contribution < 1.29 is 18.7 Å². The van der Waals surface area contributed by atoms with Gasteiger partial charge in [0.05, 0.1) is 19.6 Å². The van der Waals surface area contributed by atoms with Crippen molar-refractivity contribution in [1.82, 2.24) is 14.8 Å². The number of ether oxygens (including phenoxy) is 2. The fraction of sp³-hybridized carbons (Fsp3) is 0.211. The van der Waals surface area contributed by atoms with Crippen molar-refractivity contribution >= 4 is 11.9 Å². The second-order valence-electron chi connectivity index (χ2n) is 6.12. The minimum absolute atomic E-state index is 0.115. The van der Waals surface area contributed by atoms with Gasteiger partial charge >= 0.3 is 0 Å². The van der Waals surface area contributed by atoms with E-state index in [0.717, 1.165) is 11.1 Å². The van der Waals surface area contributed by atoms with Gasteiger partial charge in [-0.1, -0.05) is 18.2 Å². The van der Waals surface area contributed by atoms with Crippen molar-refractivity contribution in [3.63, 3.8) is 0 Å². The maximum atomic E-state index is 13.0. The molecule has 138 valence electrons. The Morgan fingerprint density at radius 2 is 2.04 bits per heavy atom. The summed E-state index contributed by atoms with van der Waals surface area (Å²) in [6.45, 7) is 0.287. The molecule has 8 heteroatoms. The number of carbonyl (C=O) groups is 1. The number of hydrogen-bond acceptors (Lipinski definition) is 5. The van der Waals surface area contributed by atoms with E-state index in [9.17, 15) is 9.18 Å². The fourth-order valence-corrected chi connectivity index (χ4v) is 3.02. The fourth-order valence-electron chi connectivity index (χ4n) is 3.02. The maximum absolute atomic E-state index is 13.0. The SMILES string of the molecule is COc1cc([C@H]2CC(=O)Nc3ncnn32)ccc1OCc1ccc(F)cc1. The van der Waals surface area contributed by atoms with Gasteiger partial charge < -0.3 is 9.47 Å². The maximum Gasteiger partial charge on any atom is 0.229 e. The minimum Gasteiger partial charge on any atom is -0.493 e. The average molecular weight is 368 g/mol. The summed E-state index contributed by atoms with van der Waals surface area (Å²) in [5.41, 5.74) is 1.71. The third-order valence-electron chi connectivity index (χ3n) is 4.38. The molecular weight excluding hydrogens is 351 g/mol. The number of amides is 1. The highest BCUT2D eigenvalue weighted by molar-refractivity contribution is 5.91. The average Bonchev–Trinajstić information content (AvgIpc) is 3.15. The Morgan fingerprint density at radius 1 is 1.22 bits per heavy atom. The Hall–Kier alpha value is -3.42. The molecule has 27 heavy (non-hydrogen) atoms. The standard InChI is InChI=1S/C19H17FN4O3/c1-26-17-8-13(15-9-18(25)23-19-21-11-22-24(15)19)4-7-16(17)27-10-12-2-5-14(20)6-3-12/h2-8,11,15H,9-10H2,1H3,(H,21,22,23,25)/t15-/m1/s1. The van der Waals surface area contributed by atoms with E-state index in [0.29, 0.717) is 17.4 Å². The van der Waals surface area contributed by atoms with Gasteiger partial charge in [0.1, 0.15) is 18.8 Å². The number of rotatable bonds is 5. The van der Waals surface area contributed by atoms with Gasteiger partial charge in [0, 0.05) is 0 Å². The number of nitrogens with zero attached hydrogens (tertiary/aromatic N) is 3. The predicted octanol–water partition coefficient (Wildman–Crippen LogP) is 2.94. The summed E-state index contributed by atoms with van der Waals surface area (Å²) < 4.78 is 25.9. The van der Waals surface area contributed by atoms with Crippen LogP contribution < -0.4 is 14.8 Å². The molecule has 1 amide bonds. The van der Waals surface area contributed by atoms with Crippen LogP contribution in [0.1, 0.15) is 23.6 Å². The van der Waals surface area contributed by atoms with Crippen LogP contribution in [0.25, 0.3) is 0 Å². The summed E-state index contributed by atoms with van der Waals surface area (Å²) in [5, 5.41) is 6.89. The second-order valence-corrected chi connectivity index (χ2v) is 6.12. The zero-order chi connectivity index (χ0) is 18.8. The topological polar surface area (TPSA) is 78.3 Å². The van der Waals surface area contributed by atoms with Crippen LogP contribution >= 0.6 is 0 Å². The lowest BCUT2D eigenvalue weighted by atomic mass is 10.0. The zero-order valence-electron chi connectivity index (χ0n) is 14.6. The van der Waals surface area contributed by atoms with E-state index >= 15 is 0 Å². The van der Waals surface area contributed by atoms with Gasteiger partial charge in [-0.2, -0.15) is 10.1 Å². The number of anilines is 1. The van der Waals surface area contributed by atoms with E-state index in [2.05, 4.69) is 15.4 Å². The van der Waals surface area contributed by atoms with Gasteiger partial charge in [-0.25, -0.2) is 9.07 Å². The Balaban J connectivity index is 1.57. The number of hydrogen-bond donors (Lipinski definition) is 1. The molecule has 0 bridgehead atoms. The minimum atomic E-state index is -0.287. The normalized spacial score (nSPS) is 15.8. The molecule has 0 fully saturated rings. The second kappa shape index (κ2) is 7.06. The summed E-state index contributed by atoms with van der Waals surface area (Å²) >= 11 is 0. The summed E-state index contributed by atoms with van der Waals surface area (Å²) in [5.74, 6) is 1.12. The zero-order valence-corrected chi connectivity index (χ0v) is 14.6. The molecule has 4 rings (SSSR count). The van der Waals surface area contributed by atoms with Crippen molar-refractivity contribution in [3.05, 3.63) is 65.7 Å². The van der Waals surface area contributed by atoms with Gasteiger partial charge in [0.2, 0.25) is 11.9 Å². The number of methoxy groups -OCH3 is 1. The number of benzene rings is 2. The smallest absolute Gasteiger partial charge is 0.229 e. The first-order chi connectivity index (χ1) is 13.1. The molecule has 1 aromatic heterocycles. The molecule has 0 saturated carbocycles. The van der Waals surface area contributed by atoms with E-state index in [4.69, 9.17) is 9.47 Å². The molecule has 0 saturated heterocycles. The van der Waals surface area contributed by atoms with Crippen molar-refractivity contribution in [1.29, 1.82) is 0 Å². The Labute approximate surface area is 154 Å². The number of nitrogens with one attached hydrogen (secondary N) is 1. The molecule has 3 aromatic rings. The number of carbonyl (C=O) groups excluding carboxylic acids is 1. The summed E-state index contributed by atoms with van der Waals surface area (Å²) in [7, 11) is 1.55. The van der Waals surface area contributed by atoms with Crippen molar-refractivity contribution in [2.45, 2.75) is 19.1 Å². The summed E-state index contributed by atoms with van der Waals surface area (Å²) in [6, 6.07) is 11.3. The van der Waals surface area contributed by atoms with E-state index in [1.165, 1.54) is 18.5 Å². The van der Waals surface area contributed by atoms with Gasteiger partial charge in [0.25, 0.3) is 0 Å². The lowest BCUT2D eigenvalue weighted by molar-refractivity contribution is -0.117. The molecule has 7 nitrogen and oxygen atoms in total. The van der Waals surface area contributed by atoms with Crippen LogP contribution in [0.15, 0.2) is 48.8 Å². The Kier molecular flexibility index (Phi) is 4.45. The molecule has 2 heterocycles. The molecule has 0 aliphatic carbocycles. The lowest BCUT2D eigenvalue weighted by Gasteiger charge is -2.24. The van der Waals surface area contributed by atoms with Crippen LogP contribution in [0.5, 0.6) is 11.5 Å². The first-order valence-electron chi connectivity index (χ1n) is 8.38. The third kappa shape index (κ3) is 3.46. The molecule has 1 N–H and O–H groups in total. The van der Waals surface area contributed by atoms with Crippen LogP contribution in [0.3, 0.4) is 0 Å². The molecule has 0 spiro atoms. The van der Waals surface area contributed by atoms with Crippen LogP contribution in [-0.4, -0.2) is 27.8 Å². The number of halogens is 1. The first kappa shape index (κ1) is 17.0. The highest BCUT2D eigenvalue weighted by Crippen LogP contribution is 2.35. The predicted molar refractivity (Wildman–Crippen MR) is 95.1 cm³/mol. The van der Waals surface area contributed by atoms with E-state index in [1.807, 2.05) is 12.1 Å². The van der Waals surface area contributed by atoms with Crippen LogP contribution in [-0.2, 0) is 11.4 Å². The van der Waals surface area contributed by atoms with Gasteiger partial charge in [-0.05, 0) is 35.4 Å². The highest BCUT2D eigenvalue weighted by Gasteiger charge is 2.28. The van der Waals surface area contributed by atoms with Crippen LogP contribution in [0.4, 0.5) is 10.3 Å². The molecular formula is C19H17FN4O3. The van der Waals surface area contributed by atoms with Crippen LogP contribution in [0, 0.1) is 5.82 Å². The van der Waals surface area contributed by atoms with Gasteiger partial charge in [-0.15, -0.1) is 0 Å². The molecule has 1 atom stereocenters. The van der Waals surface area contributed by atoms with Crippen molar-refractivity contribution in [3.8, 4) is 11.5 Å². The first-order valence-corrected chi connectivity index (χ1v) is 8.38. The molecule has 0 unspecified atom stereocenters. The van der Waals surface area contributed by atoms with E-state index < -0.39 is 0 Å². The van der Waals surface area contributed by atoms with Gasteiger partial charge in [0.15, 0.2) is 11.5 Å². The monoisotopic (exact) mass is 368 g/mol. The Bertz CT molecular complexity index is 971. The number of fused-ring (bicyclic) bond motifs is 1. The van der Waals surface area contributed by atoms with Crippen LogP contribution in [0.2, 0.25) is 0 Å². The molecule has 1 aliphatic rings. The molecule has 0 radical (unpaired) electrons. The van der Waals surface area contributed by atoms with E-state index in [-0.39, 0.29) is 30.8 Å². The van der Waals surface area contributed by atoms with Crippen molar-refractivity contribution in [2.75, 3.05) is 12.4 Å². The summed E-state index contributed by atoms with van der Waals surface area (Å²) in [4.78, 5) is 16.0. The van der Waals surface area contributed by atoms with Gasteiger partial charge in [-0.3, -0.25) is 10.1 Å². The third-order valence-corrected chi connectivity index (χ3v) is 4.38. The van der Waals surface area contributed by atoms with Crippen molar-refractivity contribution in [2.24, 2.45) is 0 Å². The highest BCUT2D eigenvalue weighted by atomic mass is 19.1. The quantitative estimate of drug-likeness (QED) is 0.749. The lowest BCUT2D eigenvalue weighted by Crippen LogP contribution is -2.29. The molecule has 1 aliphatic heterocycles. The van der Waals surface area contributed by atoms with E-state index in [1.54, 1.807) is 30.0 Å².